The monoisotopic (exact) mass is 463 g/mol. The maximum atomic E-state index is 6.04. The van der Waals surface area contributed by atoms with E-state index in [1.165, 1.54) is 0 Å². The van der Waals surface area contributed by atoms with Crippen LogP contribution in [0.1, 0.15) is 32.1 Å². The summed E-state index contributed by atoms with van der Waals surface area (Å²) in [6, 6.07) is 8.37. The predicted molar refractivity (Wildman–Crippen MR) is 94.0 cm³/mol. The SMILES string of the molecule is CCNC(CC)c1ccc(-c2c(Br)cc(Br)cc2Br)o1. The highest BCUT2D eigenvalue weighted by atomic mass is 79.9. The molecule has 0 saturated carbocycles. The minimum Gasteiger partial charge on any atom is -0.459 e. The van der Waals surface area contributed by atoms with Crippen LogP contribution in [0.4, 0.5) is 0 Å². The Morgan fingerprint density at radius 2 is 1.75 bits per heavy atom. The third-order valence-electron chi connectivity index (χ3n) is 3.08. The third kappa shape index (κ3) is 3.56. The first-order valence-electron chi connectivity index (χ1n) is 6.54. The summed E-state index contributed by atoms with van der Waals surface area (Å²) in [7, 11) is 0. The second-order valence-electron chi connectivity index (χ2n) is 4.46. The van der Waals surface area contributed by atoms with Gasteiger partial charge in [-0.05, 0) is 69.1 Å². The minimum atomic E-state index is 0.266. The van der Waals surface area contributed by atoms with Crippen LogP contribution in [-0.4, -0.2) is 6.54 Å². The van der Waals surface area contributed by atoms with Crippen molar-refractivity contribution < 1.29 is 4.42 Å². The highest BCUT2D eigenvalue weighted by Crippen LogP contribution is 2.39. The van der Waals surface area contributed by atoms with Crippen LogP contribution in [0.5, 0.6) is 0 Å². The largest absolute Gasteiger partial charge is 0.459 e. The molecule has 0 aliphatic heterocycles. The van der Waals surface area contributed by atoms with Crippen LogP contribution in [0, 0.1) is 0 Å². The van der Waals surface area contributed by atoms with Crippen LogP contribution in [0.15, 0.2) is 42.1 Å². The molecule has 1 N–H and O–H groups in total. The normalized spacial score (nSPS) is 12.7. The quantitative estimate of drug-likeness (QED) is 0.561. The van der Waals surface area contributed by atoms with E-state index in [0.29, 0.717) is 0 Å². The lowest BCUT2D eigenvalue weighted by Gasteiger charge is -2.13. The molecule has 2 aromatic rings. The molecular formula is C15H16Br3NO. The number of benzene rings is 1. The number of nitrogens with one attached hydrogen (secondary N) is 1. The standard InChI is InChI=1S/C15H16Br3NO/c1-3-12(19-4-2)13-5-6-14(20-13)15-10(17)7-9(16)8-11(15)18/h5-8,12,19H,3-4H2,1-2H3. The molecule has 0 aliphatic rings. The summed E-state index contributed by atoms with van der Waals surface area (Å²) in [6.45, 7) is 5.19. The molecule has 0 spiro atoms. The summed E-state index contributed by atoms with van der Waals surface area (Å²) in [5, 5.41) is 3.43. The summed E-state index contributed by atoms with van der Waals surface area (Å²) in [4.78, 5) is 0. The van der Waals surface area contributed by atoms with Crippen LogP contribution in [0.3, 0.4) is 0 Å². The van der Waals surface area contributed by atoms with Crippen molar-refractivity contribution >= 4 is 47.8 Å². The van der Waals surface area contributed by atoms with E-state index in [2.05, 4.69) is 67.0 Å². The number of hydrogen-bond acceptors (Lipinski definition) is 2. The molecule has 0 bridgehead atoms. The molecule has 1 unspecified atom stereocenters. The first kappa shape index (κ1) is 16.3. The fourth-order valence-electron chi connectivity index (χ4n) is 2.14. The van der Waals surface area contributed by atoms with Gasteiger partial charge in [0, 0.05) is 19.0 Å². The third-order valence-corrected chi connectivity index (χ3v) is 4.79. The summed E-state index contributed by atoms with van der Waals surface area (Å²) >= 11 is 10.7. The Labute approximate surface area is 144 Å². The molecule has 5 heteroatoms. The van der Waals surface area contributed by atoms with Crippen molar-refractivity contribution in [3.63, 3.8) is 0 Å². The molecule has 108 valence electrons. The fourth-order valence-corrected chi connectivity index (χ4v) is 4.79. The Balaban J connectivity index is 2.38. The highest BCUT2D eigenvalue weighted by Gasteiger charge is 2.16. The molecule has 1 heterocycles. The van der Waals surface area contributed by atoms with Gasteiger partial charge in [0.05, 0.1) is 6.04 Å². The lowest BCUT2D eigenvalue weighted by Crippen LogP contribution is -2.19. The molecule has 1 aromatic carbocycles. The van der Waals surface area contributed by atoms with E-state index in [9.17, 15) is 0 Å². The molecule has 0 aliphatic carbocycles. The van der Waals surface area contributed by atoms with Crippen LogP contribution in [-0.2, 0) is 0 Å². The Kier molecular flexibility index (Phi) is 5.90. The zero-order valence-corrected chi connectivity index (χ0v) is 16.1. The molecule has 0 radical (unpaired) electrons. The summed E-state index contributed by atoms with van der Waals surface area (Å²) in [6.07, 6.45) is 1.00. The van der Waals surface area contributed by atoms with Crippen LogP contribution < -0.4 is 5.32 Å². The topological polar surface area (TPSA) is 25.2 Å². The molecule has 2 nitrogen and oxygen atoms in total. The Morgan fingerprint density at radius 3 is 2.30 bits per heavy atom. The maximum absolute atomic E-state index is 6.04. The maximum Gasteiger partial charge on any atom is 0.136 e. The number of halogens is 3. The van der Waals surface area contributed by atoms with Crippen molar-refractivity contribution in [2.24, 2.45) is 0 Å². The smallest absolute Gasteiger partial charge is 0.136 e. The first-order chi connectivity index (χ1) is 9.56. The number of furan rings is 1. The van der Waals surface area contributed by atoms with Crippen molar-refractivity contribution in [3.05, 3.63) is 43.4 Å². The zero-order chi connectivity index (χ0) is 14.7. The second-order valence-corrected chi connectivity index (χ2v) is 7.09. The average molecular weight is 466 g/mol. The Morgan fingerprint density at radius 1 is 1.10 bits per heavy atom. The highest BCUT2D eigenvalue weighted by molar-refractivity contribution is 9.11. The molecule has 2 rings (SSSR count). The van der Waals surface area contributed by atoms with Gasteiger partial charge in [0.2, 0.25) is 0 Å². The van der Waals surface area contributed by atoms with Gasteiger partial charge < -0.3 is 9.73 Å². The first-order valence-corrected chi connectivity index (χ1v) is 8.92. The molecule has 20 heavy (non-hydrogen) atoms. The average Bonchev–Trinajstić information content (AvgIpc) is 2.84. The van der Waals surface area contributed by atoms with Gasteiger partial charge in [-0.25, -0.2) is 0 Å². The van der Waals surface area contributed by atoms with Crippen molar-refractivity contribution in [3.8, 4) is 11.3 Å². The van der Waals surface area contributed by atoms with Crippen LogP contribution >= 0.6 is 47.8 Å². The predicted octanol–water partition coefficient (Wildman–Crippen LogP) is 6.29. The van der Waals surface area contributed by atoms with E-state index in [4.69, 9.17) is 4.42 Å². The zero-order valence-electron chi connectivity index (χ0n) is 11.3. The second kappa shape index (κ2) is 7.25. The number of rotatable bonds is 5. The fraction of sp³-hybridized carbons (Fsp3) is 0.333. The van der Waals surface area contributed by atoms with Crippen molar-refractivity contribution in [1.29, 1.82) is 0 Å². The molecular weight excluding hydrogens is 450 g/mol. The van der Waals surface area contributed by atoms with Gasteiger partial charge in [-0.15, -0.1) is 0 Å². The van der Waals surface area contributed by atoms with Crippen LogP contribution in [0.2, 0.25) is 0 Å². The summed E-state index contributed by atoms with van der Waals surface area (Å²) in [5.41, 5.74) is 1.03. The van der Waals surface area contributed by atoms with Crippen molar-refractivity contribution in [1.82, 2.24) is 5.32 Å². The van der Waals surface area contributed by atoms with Gasteiger partial charge in [-0.3, -0.25) is 0 Å². The van der Waals surface area contributed by atoms with Crippen molar-refractivity contribution in [2.45, 2.75) is 26.3 Å². The van der Waals surface area contributed by atoms with E-state index < -0.39 is 0 Å². The van der Waals surface area contributed by atoms with Crippen LogP contribution in [0.25, 0.3) is 11.3 Å². The Hall–Kier alpha value is -0.100. The summed E-state index contributed by atoms with van der Waals surface area (Å²) < 4.78 is 9.05. The molecule has 0 fully saturated rings. The van der Waals surface area contributed by atoms with E-state index in [1.54, 1.807) is 0 Å². The van der Waals surface area contributed by atoms with Gasteiger partial charge in [-0.1, -0.05) is 29.8 Å². The molecule has 0 amide bonds. The van der Waals surface area contributed by atoms with Gasteiger partial charge in [0.15, 0.2) is 0 Å². The molecule has 1 aromatic heterocycles. The van der Waals surface area contributed by atoms with E-state index in [-0.39, 0.29) is 6.04 Å². The van der Waals surface area contributed by atoms with Gasteiger partial charge in [0.25, 0.3) is 0 Å². The van der Waals surface area contributed by atoms with E-state index in [1.807, 2.05) is 24.3 Å². The lowest BCUT2D eigenvalue weighted by atomic mass is 10.1. The van der Waals surface area contributed by atoms with Gasteiger partial charge in [-0.2, -0.15) is 0 Å². The van der Waals surface area contributed by atoms with E-state index >= 15 is 0 Å². The van der Waals surface area contributed by atoms with Gasteiger partial charge in [0.1, 0.15) is 11.5 Å². The molecule has 0 saturated heterocycles. The number of hydrogen-bond donors (Lipinski definition) is 1. The lowest BCUT2D eigenvalue weighted by molar-refractivity contribution is 0.417. The molecule has 1 atom stereocenters. The van der Waals surface area contributed by atoms with Gasteiger partial charge >= 0.3 is 0 Å². The Bertz CT molecular complexity index is 572. The van der Waals surface area contributed by atoms with Crippen molar-refractivity contribution in [2.75, 3.05) is 6.54 Å². The van der Waals surface area contributed by atoms with E-state index in [0.717, 1.165) is 43.5 Å². The summed E-state index contributed by atoms with van der Waals surface area (Å²) in [5.74, 6) is 1.84. The minimum absolute atomic E-state index is 0.266.